The Morgan fingerprint density at radius 1 is 0.765 bits per heavy atom. The van der Waals surface area contributed by atoms with E-state index in [-0.39, 0.29) is 11.7 Å². The minimum Gasteiger partial charge on any atom is -0.508 e. The average Bonchev–Trinajstić information content (AvgIpc) is 2.86. The molecule has 0 radical (unpaired) electrons. The second-order valence-corrected chi connectivity index (χ2v) is 8.83. The molecule has 34 heavy (non-hydrogen) atoms. The van der Waals surface area contributed by atoms with E-state index in [0.29, 0.717) is 6.61 Å². The monoisotopic (exact) mass is 463 g/mol. The Balaban J connectivity index is 1.52. The van der Waals surface area contributed by atoms with E-state index in [2.05, 4.69) is 11.9 Å². The van der Waals surface area contributed by atoms with Crippen LogP contribution in [0.15, 0.2) is 59.6 Å². The summed E-state index contributed by atoms with van der Waals surface area (Å²) in [5.74, 6) is -0.0660. The molecule has 4 heteroatoms. The molecule has 0 fully saturated rings. The lowest BCUT2D eigenvalue weighted by Crippen LogP contribution is -2.02. The van der Waals surface area contributed by atoms with Crippen LogP contribution >= 0.6 is 0 Å². The van der Waals surface area contributed by atoms with E-state index < -0.39 is 0 Å². The highest BCUT2D eigenvalue weighted by molar-refractivity contribution is 5.87. The largest absolute Gasteiger partial charge is 0.508 e. The van der Waals surface area contributed by atoms with Gasteiger partial charge in [0.2, 0.25) is 0 Å². The summed E-state index contributed by atoms with van der Waals surface area (Å²) in [5.41, 5.74) is 2.67. The zero-order chi connectivity index (χ0) is 24.3. The van der Waals surface area contributed by atoms with Crippen LogP contribution in [0.25, 0.3) is 6.08 Å². The number of unbranched alkanes of at least 4 members (excludes halogenated alkanes) is 11. The standard InChI is InChI=1S/C30H41NO3/c1-2-3-4-5-6-7-8-9-10-11-12-13-24-34-30(33)23-18-26-14-16-27(17-15-26)25-31-28-19-21-29(32)22-20-28/h14-23,25,32H,2-13,24H2,1H3/b23-18+,31-25?. The van der Waals surface area contributed by atoms with Crippen molar-refractivity contribution in [2.24, 2.45) is 4.99 Å². The number of rotatable bonds is 17. The highest BCUT2D eigenvalue weighted by Gasteiger charge is 1.98. The summed E-state index contributed by atoms with van der Waals surface area (Å²) < 4.78 is 5.31. The van der Waals surface area contributed by atoms with Gasteiger partial charge in [-0.25, -0.2) is 4.79 Å². The minimum atomic E-state index is -0.291. The van der Waals surface area contributed by atoms with E-state index in [9.17, 15) is 9.90 Å². The molecule has 1 N–H and O–H groups in total. The van der Waals surface area contributed by atoms with E-state index in [1.54, 1.807) is 36.6 Å². The summed E-state index contributed by atoms with van der Waals surface area (Å²) in [7, 11) is 0. The lowest BCUT2D eigenvalue weighted by molar-refractivity contribution is -0.137. The number of hydrogen-bond acceptors (Lipinski definition) is 4. The third-order valence-electron chi connectivity index (χ3n) is 5.80. The number of phenols is 1. The molecular weight excluding hydrogens is 422 g/mol. The Morgan fingerprint density at radius 3 is 1.88 bits per heavy atom. The summed E-state index contributed by atoms with van der Waals surface area (Å²) in [6, 6.07) is 14.5. The molecule has 0 aliphatic rings. The molecule has 0 aliphatic heterocycles. The number of carbonyl (C=O) groups excluding carboxylic acids is 1. The Morgan fingerprint density at radius 2 is 1.29 bits per heavy atom. The molecule has 0 spiro atoms. The smallest absolute Gasteiger partial charge is 0.330 e. The van der Waals surface area contributed by atoms with Gasteiger partial charge in [0, 0.05) is 12.3 Å². The number of ether oxygens (including phenoxy) is 1. The molecule has 0 aromatic heterocycles. The fraction of sp³-hybridized carbons (Fsp3) is 0.467. The van der Waals surface area contributed by atoms with Gasteiger partial charge in [0.05, 0.1) is 12.3 Å². The van der Waals surface area contributed by atoms with Crippen molar-refractivity contribution in [1.29, 1.82) is 0 Å². The van der Waals surface area contributed by atoms with Gasteiger partial charge in [-0.15, -0.1) is 0 Å². The third-order valence-corrected chi connectivity index (χ3v) is 5.80. The van der Waals surface area contributed by atoms with Gasteiger partial charge in [-0.2, -0.15) is 0 Å². The molecule has 0 unspecified atom stereocenters. The van der Waals surface area contributed by atoms with Crippen molar-refractivity contribution in [2.75, 3.05) is 6.61 Å². The number of phenolic OH excluding ortho intramolecular Hbond substituents is 1. The lowest BCUT2D eigenvalue weighted by atomic mass is 10.1. The Kier molecular flexibility index (Phi) is 14.1. The number of aliphatic imine (C=N–C) groups is 1. The van der Waals surface area contributed by atoms with Gasteiger partial charge in [-0.1, -0.05) is 102 Å². The second-order valence-electron chi connectivity index (χ2n) is 8.83. The fourth-order valence-corrected chi connectivity index (χ4v) is 3.71. The van der Waals surface area contributed by atoms with Crippen LogP contribution in [0.3, 0.4) is 0 Å². The molecular formula is C30H41NO3. The normalized spacial score (nSPS) is 11.4. The molecule has 2 aromatic carbocycles. The number of benzene rings is 2. The van der Waals surface area contributed by atoms with E-state index in [0.717, 1.165) is 29.7 Å². The van der Waals surface area contributed by atoms with Crippen molar-refractivity contribution >= 4 is 23.9 Å². The second kappa shape index (κ2) is 17.6. The van der Waals surface area contributed by atoms with E-state index >= 15 is 0 Å². The van der Waals surface area contributed by atoms with Crippen LogP contribution in [-0.4, -0.2) is 23.9 Å². The minimum absolute atomic E-state index is 0.225. The van der Waals surface area contributed by atoms with Crippen LogP contribution in [0.1, 0.15) is 95.1 Å². The van der Waals surface area contributed by atoms with Crippen molar-refractivity contribution in [1.82, 2.24) is 0 Å². The van der Waals surface area contributed by atoms with Gasteiger partial charge in [0.1, 0.15) is 5.75 Å². The van der Waals surface area contributed by atoms with Crippen LogP contribution in [0, 0.1) is 0 Å². The van der Waals surface area contributed by atoms with Crippen molar-refractivity contribution < 1.29 is 14.6 Å². The molecule has 0 saturated carbocycles. The number of esters is 1. The van der Waals surface area contributed by atoms with Crippen LogP contribution in [-0.2, 0) is 9.53 Å². The number of carbonyl (C=O) groups is 1. The summed E-state index contributed by atoms with van der Waals surface area (Å²) >= 11 is 0. The zero-order valence-corrected chi connectivity index (χ0v) is 20.8. The summed E-state index contributed by atoms with van der Waals surface area (Å²) in [4.78, 5) is 16.3. The maximum Gasteiger partial charge on any atom is 0.330 e. The molecule has 0 saturated heterocycles. The molecule has 4 nitrogen and oxygen atoms in total. The Labute approximate surface area is 205 Å². The van der Waals surface area contributed by atoms with Crippen LogP contribution in [0.2, 0.25) is 0 Å². The van der Waals surface area contributed by atoms with Gasteiger partial charge in [-0.3, -0.25) is 4.99 Å². The van der Waals surface area contributed by atoms with E-state index in [4.69, 9.17) is 4.74 Å². The van der Waals surface area contributed by atoms with Crippen molar-refractivity contribution in [2.45, 2.75) is 84.0 Å². The number of hydrogen-bond donors (Lipinski definition) is 1. The first-order valence-electron chi connectivity index (χ1n) is 13.0. The zero-order valence-electron chi connectivity index (χ0n) is 20.8. The number of nitrogens with zero attached hydrogens (tertiary/aromatic N) is 1. The first-order chi connectivity index (χ1) is 16.7. The summed E-state index contributed by atoms with van der Waals surface area (Å²) in [5, 5.41) is 9.31. The summed E-state index contributed by atoms with van der Waals surface area (Å²) in [6.07, 6.45) is 20.6. The van der Waals surface area contributed by atoms with Crippen molar-refractivity contribution in [3.05, 3.63) is 65.7 Å². The first-order valence-corrected chi connectivity index (χ1v) is 13.0. The average molecular weight is 464 g/mol. The van der Waals surface area contributed by atoms with Crippen molar-refractivity contribution in [3.63, 3.8) is 0 Å². The lowest BCUT2D eigenvalue weighted by Gasteiger charge is -2.03. The molecule has 184 valence electrons. The molecule has 0 amide bonds. The quantitative estimate of drug-likeness (QED) is 0.111. The Hall–Kier alpha value is -2.88. The SMILES string of the molecule is CCCCCCCCCCCCCCOC(=O)/C=C/c1ccc(C=Nc2ccc(O)cc2)cc1. The van der Waals surface area contributed by atoms with Crippen molar-refractivity contribution in [3.8, 4) is 5.75 Å². The highest BCUT2D eigenvalue weighted by atomic mass is 16.5. The fourth-order valence-electron chi connectivity index (χ4n) is 3.71. The molecule has 0 atom stereocenters. The molecule has 2 rings (SSSR count). The predicted molar refractivity (Wildman–Crippen MR) is 143 cm³/mol. The van der Waals surface area contributed by atoms with Crippen LogP contribution < -0.4 is 0 Å². The number of aromatic hydroxyl groups is 1. The Bertz CT molecular complexity index is 854. The van der Waals surface area contributed by atoms with Gasteiger partial charge in [-0.05, 0) is 47.9 Å². The predicted octanol–water partition coefficient (Wildman–Crippen LogP) is 8.40. The van der Waals surface area contributed by atoms with E-state index in [1.807, 2.05) is 24.3 Å². The topological polar surface area (TPSA) is 58.9 Å². The van der Waals surface area contributed by atoms with Crippen LogP contribution in [0.5, 0.6) is 5.75 Å². The maximum atomic E-state index is 11.9. The molecule has 0 bridgehead atoms. The molecule has 0 heterocycles. The molecule has 0 aliphatic carbocycles. The van der Waals surface area contributed by atoms with Gasteiger partial charge < -0.3 is 9.84 Å². The maximum absolute atomic E-state index is 11.9. The molecule has 2 aromatic rings. The van der Waals surface area contributed by atoms with Crippen LogP contribution in [0.4, 0.5) is 5.69 Å². The third kappa shape index (κ3) is 13.0. The first kappa shape index (κ1) is 27.4. The highest BCUT2D eigenvalue weighted by Crippen LogP contribution is 2.17. The van der Waals surface area contributed by atoms with Gasteiger partial charge >= 0.3 is 5.97 Å². The van der Waals surface area contributed by atoms with E-state index in [1.165, 1.54) is 70.3 Å². The van der Waals surface area contributed by atoms with Gasteiger partial charge in [0.25, 0.3) is 0 Å². The van der Waals surface area contributed by atoms with Gasteiger partial charge in [0.15, 0.2) is 0 Å². The summed E-state index contributed by atoms with van der Waals surface area (Å²) in [6.45, 7) is 2.75.